The van der Waals surface area contributed by atoms with E-state index in [9.17, 15) is 5.11 Å². The molecule has 15 heavy (non-hydrogen) atoms. The van der Waals surface area contributed by atoms with E-state index in [0.717, 1.165) is 5.56 Å². The third kappa shape index (κ3) is 3.50. The molecule has 0 bridgehead atoms. The average Bonchev–Trinajstić information content (AvgIpc) is 2.20. The zero-order valence-corrected chi connectivity index (χ0v) is 12.7. The maximum absolute atomic E-state index is 9.49. The van der Waals surface area contributed by atoms with E-state index in [1.807, 2.05) is 19.1 Å². The van der Waals surface area contributed by atoms with Crippen molar-refractivity contribution in [2.24, 2.45) is 0 Å². The van der Waals surface area contributed by atoms with Crippen LogP contribution in [0.5, 0.6) is 17.2 Å². The van der Waals surface area contributed by atoms with Crippen LogP contribution in [0.2, 0.25) is 0 Å². The van der Waals surface area contributed by atoms with E-state index in [4.69, 9.17) is 9.47 Å². The zero-order valence-electron chi connectivity index (χ0n) is 10.6. The molecule has 0 heterocycles. The predicted molar refractivity (Wildman–Crippen MR) is 57.0 cm³/mol. The normalized spacial score (nSPS) is 9.80. The molecule has 1 rings (SSSR count). The number of phenolic OH excluding ortho intramolecular Hbond substituents is 1. The Hall–Kier alpha value is -0.00364. The number of benzene rings is 1. The molecular formula is C11H15KO3. The zero-order chi connectivity index (χ0) is 10.6. The van der Waals surface area contributed by atoms with Crippen LogP contribution in [-0.2, 0) is 0 Å². The summed E-state index contributed by atoms with van der Waals surface area (Å²) in [4.78, 5) is 0. The molecule has 3 nitrogen and oxygen atoms in total. The van der Waals surface area contributed by atoms with Crippen LogP contribution in [0.1, 0.15) is 13.9 Å². The van der Waals surface area contributed by atoms with Crippen molar-refractivity contribution >= 4 is 6.08 Å². The number of aromatic hydroxyl groups is 1. The summed E-state index contributed by atoms with van der Waals surface area (Å²) in [5, 5.41) is 9.49. The third-order valence-corrected chi connectivity index (χ3v) is 1.88. The molecule has 1 aromatic carbocycles. The van der Waals surface area contributed by atoms with Gasteiger partial charge in [-0.15, -0.1) is 0 Å². The van der Waals surface area contributed by atoms with Crippen LogP contribution in [0.3, 0.4) is 0 Å². The third-order valence-electron chi connectivity index (χ3n) is 1.88. The number of rotatable bonds is 3. The van der Waals surface area contributed by atoms with Gasteiger partial charge in [-0.3, -0.25) is 0 Å². The first-order chi connectivity index (χ1) is 6.74. The number of hydrogen-bond acceptors (Lipinski definition) is 3. The molecule has 78 valence electrons. The van der Waals surface area contributed by atoms with Crippen LogP contribution >= 0.6 is 0 Å². The van der Waals surface area contributed by atoms with Crippen molar-refractivity contribution in [3.05, 3.63) is 23.8 Å². The molecule has 1 N–H and O–H groups in total. The quantitative estimate of drug-likeness (QED) is 0.721. The van der Waals surface area contributed by atoms with Crippen molar-refractivity contribution < 1.29 is 67.4 Å². The van der Waals surface area contributed by atoms with Gasteiger partial charge in [0.15, 0.2) is 11.5 Å². The van der Waals surface area contributed by atoms with Gasteiger partial charge in [0.25, 0.3) is 0 Å². The van der Waals surface area contributed by atoms with Gasteiger partial charge in [-0.1, -0.05) is 12.2 Å². The van der Waals surface area contributed by atoms with Gasteiger partial charge in [0.2, 0.25) is 5.75 Å². The second-order valence-corrected chi connectivity index (χ2v) is 2.74. The van der Waals surface area contributed by atoms with E-state index in [2.05, 4.69) is 0 Å². The summed E-state index contributed by atoms with van der Waals surface area (Å²) >= 11 is 0. The molecule has 0 saturated heterocycles. The monoisotopic (exact) mass is 234 g/mol. The van der Waals surface area contributed by atoms with E-state index in [-0.39, 0.29) is 58.6 Å². The van der Waals surface area contributed by atoms with Gasteiger partial charge in [0.1, 0.15) is 0 Å². The van der Waals surface area contributed by atoms with Crippen molar-refractivity contribution in [2.45, 2.75) is 6.92 Å². The van der Waals surface area contributed by atoms with Gasteiger partial charge in [0.05, 0.1) is 14.2 Å². The molecule has 0 aliphatic rings. The molecule has 0 spiro atoms. The minimum Gasteiger partial charge on any atom is -1.00 e. The van der Waals surface area contributed by atoms with Gasteiger partial charge < -0.3 is 16.0 Å². The van der Waals surface area contributed by atoms with Crippen LogP contribution < -0.4 is 60.9 Å². The molecule has 0 amide bonds. The fourth-order valence-corrected chi connectivity index (χ4v) is 1.29. The number of hydrogen-bond donors (Lipinski definition) is 1. The second-order valence-electron chi connectivity index (χ2n) is 2.74. The molecule has 0 aliphatic carbocycles. The summed E-state index contributed by atoms with van der Waals surface area (Å²) in [7, 11) is 3.04. The molecule has 0 atom stereocenters. The topological polar surface area (TPSA) is 38.7 Å². The van der Waals surface area contributed by atoms with Gasteiger partial charge in [0, 0.05) is 5.56 Å². The van der Waals surface area contributed by atoms with Crippen molar-refractivity contribution in [3.63, 3.8) is 0 Å². The standard InChI is InChI=1S/C11H14O3.K.H/c1-4-5-8-6-7-9(12)11(14-3)10(8)13-2;;/h4-7,12H,1-3H3;;/q;+1;-1. The number of methoxy groups -OCH3 is 2. The van der Waals surface area contributed by atoms with Crippen LogP contribution in [0, 0.1) is 0 Å². The van der Waals surface area contributed by atoms with Crippen molar-refractivity contribution in [3.8, 4) is 17.2 Å². The Morgan fingerprint density at radius 2 is 1.80 bits per heavy atom. The van der Waals surface area contributed by atoms with Crippen molar-refractivity contribution in [1.29, 1.82) is 0 Å². The Morgan fingerprint density at radius 3 is 2.27 bits per heavy atom. The molecule has 0 fully saturated rings. The van der Waals surface area contributed by atoms with Gasteiger partial charge in [-0.05, 0) is 19.1 Å². The Kier molecular flexibility index (Phi) is 7.30. The number of ether oxygens (including phenoxy) is 2. The smallest absolute Gasteiger partial charge is 1.00 e. The molecular weight excluding hydrogens is 219 g/mol. The molecule has 0 aromatic heterocycles. The Bertz CT molecular complexity index is 353. The summed E-state index contributed by atoms with van der Waals surface area (Å²) < 4.78 is 10.2. The van der Waals surface area contributed by atoms with Gasteiger partial charge in [-0.25, -0.2) is 0 Å². The van der Waals surface area contributed by atoms with E-state index in [1.165, 1.54) is 7.11 Å². The minimum atomic E-state index is 0. The maximum atomic E-state index is 9.49. The molecule has 0 aliphatic heterocycles. The van der Waals surface area contributed by atoms with Crippen molar-refractivity contribution in [1.82, 2.24) is 0 Å². The summed E-state index contributed by atoms with van der Waals surface area (Å²) in [6.45, 7) is 1.92. The van der Waals surface area contributed by atoms with Crippen LogP contribution in [-0.4, -0.2) is 19.3 Å². The minimum absolute atomic E-state index is 0. The number of allylic oxidation sites excluding steroid dienone is 1. The fraction of sp³-hybridized carbons (Fsp3) is 0.273. The first-order valence-electron chi connectivity index (χ1n) is 4.31. The van der Waals surface area contributed by atoms with E-state index in [0.29, 0.717) is 11.5 Å². The van der Waals surface area contributed by atoms with Gasteiger partial charge in [-0.2, -0.15) is 0 Å². The molecule has 0 radical (unpaired) electrons. The average molecular weight is 234 g/mol. The van der Waals surface area contributed by atoms with Crippen LogP contribution in [0.4, 0.5) is 0 Å². The molecule has 0 unspecified atom stereocenters. The summed E-state index contributed by atoms with van der Waals surface area (Å²) in [5.74, 6) is 0.992. The second kappa shape index (κ2) is 7.30. The summed E-state index contributed by atoms with van der Waals surface area (Å²) in [5.41, 5.74) is 0.879. The van der Waals surface area contributed by atoms with Gasteiger partial charge >= 0.3 is 51.4 Å². The maximum Gasteiger partial charge on any atom is 1.00 e. The molecule has 4 heteroatoms. The van der Waals surface area contributed by atoms with E-state index in [1.54, 1.807) is 19.2 Å². The molecule has 0 saturated carbocycles. The van der Waals surface area contributed by atoms with E-state index < -0.39 is 0 Å². The van der Waals surface area contributed by atoms with Crippen LogP contribution in [0.25, 0.3) is 6.08 Å². The Morgan fingerprint density at radius 1 is 1.20 bits per heavy atom. The first-order valence-corrected chi connectivity index (χ1v) is 4.31. The Labute approximate surface area is 134 Å². The predicted octanol–water partition coefficient (Wildman–Crippen LogP) is -0.441. The largest absolute Gasteiger partial charge is 1.00 e. The molecule has 1 aromatic rings. The van der Waals surface area contributed by atoms with Crippen molar-refractivity contribution in [2.75, 3.05) is 14.2 Å². The fourth-order valence-electron chi connectivity index (χ4n) is 1.29. The number of phenols is 1. The van der Waals surface area contributed by atoms with E-state index >= 15 is 0 Å². The SMILES string of the molecule is CC=Cc1ccc(O)c(OC)c1OC.[H-].[K+]. The Balaban J connectivity index is 0. The first kappa shape index (κ1) is 15.0. The summed E-state index contributed by atoms with van der Waals surface area (Å²) in [6, 6.07) is 3.35. The summed E-state index contributed by atoms with van der Waals surface area (Å²) in [6.07, 6.45) is 3.79. The van der Waals surface area contributed by atoms with Crippen LogP contribution in [0.15, 0.2) is 18.2 Å².